The number of nitrogens with zero attached hydrogens (tertiary/aromatic N) is 2. The van der Waals surface area contributed by atoms with Crippen LogP contribution in [-0.4, -0.2) is 22.1 Å². The molecule has 1 aliphatic carbocycles. The van der Waals surface area contributed by atoms with Gasteiger partial charge in [0.05, 0.1) is 0 Å². The lowest BCUT2D eigenvalue weighted by atomic mass is 9.90. The topological polar surface area (TPSA) is 29.9 Å². The molecule has 0 aromatic carbocycles. The standard InChI is InChI=1S/C17H31N3/c1-3-18-16(10-11-17-19-12-13-20(17)2)14-15-8-6-4-5-7-9-15/h12-13,15-16,18H,3-11,14H2,1-2H3. The summed E-state index contributed by atoms with van der Waals surface area (Å²) in [7, 11) is 2.09. The van der Waals surface area contributed by atoms with Crippen LogP contribution < -0.4 is 5.32 Å². The summed E-state index contributed by atoms with van der Waals surface area (Å²) in [5.74, 6) is 2.16. The van der Waals surface area contributed by atoms with Crippen LogP contribution in [0.2, 0.25) is 0 Å². The normalized spacial score (nSPS) is 18.9. The summed E-state index contributed by atoms with van der Waals surface area (Å²) in [6, 6.07) is 0.666. The lowest BCUT2D eigenvalue weighted by molar-refractivity contribution is 0.341. The van der Waals surface area contributed by atoms with Gasteiger partial charge < -0.3 is 9.88 Å². The summed E-state index contributed by atoms with van der Waals surface area (Å²) in [5.41, 5.74) is 0. The van der Waals surface area contributed by atoms with Crippen molar-refractivity contribution in [1.29, 1.82) is 0 Å². The van der Waals surface area contributed by atoms with E-state index in [1.807, 2.05) is 12.4 Å². The van der Waals surface area contributed by atoms with Crippen molar-refractivity contribution in [2.24, 2.45) is 13.0 Å². The maximum absolute atomic E-state index is 4.44. The highest BCUT2D eigenvalue weighted by molar-refractivity contribution is 4.92. The van der Waals surface area contributed by atoms with Crippen molar-refractivity contribution in [3.8, 4) is 0 Å². The quantitative estimate of drug-likeness (QED) is 0.770. The Hall–Kier alpha value is -0.830. The van der Waals surface area contributed by atoms with Gasteiger partial charge in [0.15, 0.2) is 0 Å². The summed E-state index contributed by atoms with van der Waals surface area (Å²) in [5, 5.41) is 3.70. The highest BCUT2D eigenvalue weighted by atomic mass is 15.0. The van der Waals surface area contributed by atoms with Crippen molar-refractivity contribution < 1.29 is 0 Å². The molecular formula is C17H31N3. The summed E-state index contributed by atoms with van der Waals surface area (Å²) in [4.78, 5) is 4.44. The number of imidazole rings is 1. The zero-order chi connectivity index (χ0) is 14.2. The van der Waals surface area contributed by atoms with Crippen LogP contribution in [0.1, 0.15) is 64.1 Å². The molecule has 0 saturated heterocycles. The second kappa shape index (κ2) is 8.46. The molecule has 1 heterocycles. The van der Waals surface area contributed by atoms with Gasteiger partial charge in [0, 0.05) is 31.9 Å². The Kier molecular flexibility index (Phi) is 6.58. The molecule has 0 aliphatic heterocycles. The number of aryl methyl sites for hydroxylation is 2. The molecule has 0 bridgehead atoms. The molecule has 2 rings (SSSR count). The average Bonchev–Trinajstić information content (AvgIpc) is 2.69. The van der Waals surface area contributed by atoms with E-state index in [4.69, 9.17) is 0 Å². The third kappa shape index (κ3) is 4.93. The molecule has 1 unspecified atom stereocenters. The smallest absolute Gasteiger partial charge is 0.108 e. The largest absolute Gasteiger partial charge is 0.338 e. The van der Waals surface area contributed by atoms with E-state index >= 15 is 0 Å². The first kappa shape index (κ1) is 15.6. The van der Waals surface area contributed by atoms with Crippen LogP contribution >= 0.6 is 0 Å². The van der Waals surface area contributed by atoms with Crippen LogP contribution in [-0.2, 0) is 13.5 Å². The molecule has 20 heavy (non-hydrogen) atoms. The molecule has 3 nitrogen and oxygen atoms in total. The van der Waals surface area contributed by atoms with E-state index in [2.05, 4.69) is 28.8 Å². The van der Waals surface area contributed by atoms with E-state index in [9.17, 15) is 0 Å². The van der Waals surface area contributed by atoms with Crippen LogP contribution in [0.25, 0.3) is 0 Å². The molecule has 1 atom stereocenters. The third-order valence-electron chi connectivity index (χ3n) is 4.72. The second-order valence-electron chi connectivity index (χ2n) is 6.34. The molecule has 1 aromatic rings. The van der Waals surface area contributed by atoms with Gasteiger partial charge in [-0.25, -0.2) is 4.98 Å². The summed E-state index contributed by atoms with van der Waals surface area (Å²) in [6.45, 7) is 3.30. The van der Waals surface area contributed by atoms with Gasteiger partial charge in [-0.3, -0.25) is 0 Å². The number of hydrogen-bond donors (Lipinski definition) is 1. The average molecular weight is 277 g/mol. The Morgan fingerprint density at radius 1 is 1.30 bits per heavy atom. The molecule has 0 radical (unpaired) electrons. The van der Waals surface area contributed by atoms with E-state index in [0.29, 0.717) is 6.04 Å². The minimum atomic E-state index is 0.666. The van der Waals surface area contributed by atoms with Gasteiger partial charge in [-0.15, -0.1) is 0 Å². The van der Waals surface area contributed by atoms with Crippen molar-refractivity contribution >= 4 is 0 Å². The van der Waals surface area contributed by atoms with E-state index in [1.54, 1.807) is 0 Å². The van der Waals surface area contributed by atoms with Crippen LogP contribution in [0, 0.1) is 5.92 Å². The SMILES string of the molecule is CCNC(CCc1nccn1C)CC1CCCCCC1. The van der Waals surface area contributed by atoms with Gasteiger partial charge in [-0.05, 0) is 25.3 Å². The van der Waals surface area contributed by atoms with Gasteiger partial charge in [-0.2, -0.15) is 0 Å². The molecular weight excluding hydrogens is 246 g/mol. The van der Waals surface area contributed by atoms with Gasteiger partial charge in [0.25, 0.3) is 0 Å². The monoisotopic (exact) mass is 277 g/mol. The molecule has 0 amide bonds. The zero-order valence-corrected chi connectivity index (χ0v) is 13.3. The van der Waals surface area contributed by atoms with E-state index < -0.39 is 0 Å². The molecule has 1 saturated carbocycles. The number of nitrogens with one attached hydrogen (secondary N) is 1. The van der Waals surface area contributed by atoms with E-state index in [-0.39, 0.29) is 0 Å². The van der Waals surface area contributed by atoms with Gasteiger partial charge >= 0.3 is 0 Å². The number of aromatic nitrogens is 2. The minimum absolute atomic E-state index is 0.666. The highest BCUT2D eigenvalue weighted by Gasteiger charge is 2.18. The number of rotatable bonds is 7. The van der Waals surface area contributed by atoms with Crippen LogP contribution in [0.5, 0.6) is 0 Å². The zero-order valence-electron chi connectivity index (χ0n) is 13.3. The number of hydrogen-bond acceptors (Lipinski definition) is 2. The Balaban J connectivity index is 1.81. The van der Waals surface area contributed by atoms with E-state index in [0.717, 1.165) is 18.9 Å². The third-order valence-corrected chi connectivity index (χ3v) is 4.72. The van der Waals surface area contributed by atoms with Crippen molar-refractivity contribution in [1.82, 2.24) is 14.9 Å². The summed E-state index contributed by atoms with van der Waals surface area (Å²) < 4.78 is 2.15. The van der Waals surface area contributed by atoms with Crippen LogP contribution in [0.3, 0.4) is 0 Å². The first-order valence-electron chi connectivity index (χ1n) is 8.49. The maximum Gasteiger partial charge on any atom is 0.108 e. The second-order valence-corrected chi connectivity index (χ2v) is 6.34. The fraction of sp³-hybridized carbons (Fsp3) is 0.824. The molecule has 114 valence electrons. The predicted molar refractivity (Wildman–Crippen MR) is 84.8 cm³/mol. The Morgan fingerprint density at radius 2 is 2.05 bits per heavy atom. The lowest BCUT2D eigenvalue weighted by Gasteiger charge is -2.23. The van der Waals surface area contributed by atoms with Crippen molar-refractivity contribution in [3.63, 3.8) is 0 Å². The van der Waals surface area contributed by atoms with E-state index in [1.165, 1.54) is 57.2 Å². The minimum Gasteiger partial charge on any atom is -0.338 e. The fourth-order valence-corrected chi connectivity index (χ4v) is 3.53. The summed E-state index contributed by atoms with van der Waals surface area (Å²) in [6.07, 6.45) is 16.3. The van der Waals surface area contributed by atoms with Crippen molar-refractivity contribution in [3.05, 3.63) is 18.2 Å². The predicted octanol–water partition coefficient (Wildman–Crippen LogP) is 3.69. The van der Waals surface area contributed by atoms with Gasteiger partial charge in [0.1, 0.15) is 5.82 Å². The Morgan fingerprint density at radius 3 is 2.65 bits per heavy atom. The Bertz CT molecular complexity index is 364. The first-order chi connectivity index (χ1) is 9.79. The summed E-state index contributed by atoms with van der Waals surface area (Å²) >= 11 is 0. The van der Waals surface area contributed by atoms with Gasteiger partial charge in [-0.1, -0.05) is 45.4 Å². The Labute approximate surface area is 124 Å². The van der Waals surface area contributed by atoms with Crippen molar-refractivity contribution in [2.75, 3.05) is 6.54 Å². The van der Waals surface area contributed by atoms with Crippen LogP contribution in [0.4, 0.5) is 0 Å². The highest BCUT2D eigenvalue weighted by Crippen LogP contribution is 2.27. The molecule has 1 fully saturated rings. The molecule has 0 spiro atoms. The molecule has 1 N–H and O–H groups in total. The fourth-order valence-electron chi connectivity index (χ4n) is 3.53. The van der Waals surface area contributed by atoms with Crippen LogP contribution in [0.15, 0.2) is 12.4 Å². The molecule has 1 aliphatic rings. The first-order valence-corrected chi connectivity index (χ1v) is 8.49. The maximum atomic E-state index is 4.44. The molecule has 3 heteroatoms. The van der Waals surface area contributed by atoms with Crippen molar-refractivity contribution in [2.45, 2.75) is 70.8 Å². The lowest BCUT2D eigenvalue weighted by Crippen LogP contribution is -2.31. The molecule has 1 aromatic heterocycles. The van der Waals surface area contributed by atoms with Gasteiger partial charge in [0.2, 0.25) is 0 Å².